The normalized spacial score (nSPS) is 13.3. The van der Waals surface area contributed by atoms with Gasteiger partial charge in [0.05, 0.1) is 5.37 Å². The summed E-state index contributed by atoms with van der Waals surface area (Å²) in [5.74, 6) is 0. The van der Waals surface area contributed by atoms with Gasteiger partial charge in [0, 0.05) is 4.70 Å². The topological polar surface area (TPSA) is 26.0 Å². The van der Waals surface area contributed by atoms with E-state index >= 15 is 0 Å². The molecule has 3 heteroatoms. The molecular weight excluding hydrogens is 210 g/mol. The zero-order valence-corrected chi connectivity index (χ0v) is 9.70. The van der Waals surface area contributed by atoms with Crippen LogP contribution in [0.5, 0.6) is 0 Å². The maximum Gasteiger partial charge on any atom is 0.0545 e. The molecule has 0 saturated heterocycles. The molecule has 1 unspecified atom stereocenters. The number of fused-ring (bicyclic) bond motifs is 1. The third-order valence-corrected chi connectivity index (χ3v) is 4.07. The van der Waals surface area contributed by atoms with Gasteiger partial charge in [-0.1, -0.05) is 18.2 Å². The van der Waals surface area contributed by atoms with Gasteiger partial charge in [0.25, 0.3) is 0 Å². The molecule has 0 aliphatic rings. The SMILES string of the molecule is CSC(N)Cc1csc2ccccc12. The predicted molar refractivity (Wildman–Crippen MR) is 67.0 cm³/mol. The summed E-state index contributed by atoms with van der Waals surface area (Å²) >= 11 is 3.52. The van der Waals surface area contributed by atoms with Crippen LogP contribution in [0, 0.1) is 0 Å². The molecule has 2 aromatic rings. The monoisotopic (exact) mass is 223 g/mol. The first-order valence-corrected chi connectivity index (χ1v) is 6.71. The molecule has 0 radical (unpaired) electrons. The summed E-state index contributed by atoms with van der Waals surface area (Å²) in [6.07, 6.45) is 3.02. The summed E-state index contributed by atoms with van der Waals surface area (Å²) in [4.78, 5) is 0. The van der Waals surface area contributed by atoms with Crippen molar-refractivity contribution in [1.82, 2.24) is 0 Å². The van der Waals surface area contributed by atoms with Crippen LogP contribution in [0.1, 0.15) is 5.56 Å². The third-order valence-electron chi connectivity index (χ3n) is 2.29. The zero-order chi connectivity index (χ0) is 9.97. The molecule has 0 fully saturated rings. The lowest BCUT2D eigenvalue weighted by molar-refractivity contribution is 0.914. The standard InChI is InChI=1S/C11H13NS2/c1-13-11(12)6-8-7-14-10-5-3-2-4-9(8)10/h2-5,7,11H,6,12H2,1H3. The van der Waals surface area contributed by atoms with Crippen molar-refractivity contribution in [1.29, 1.82) is 0 Å². The summed E-state index contributed by atoms with van der Waals surface area (Å²) < 4.78 is 1.36. The number of thioether (sulfide) groups is 1. The molecule has 1 heterocycles. The van der Waals surface area contributed by atoms with E-state index < -0.39 is 0 Å². The van der Waals surface area contributed by atoms with Crippen LogP contribution >= 0.6 is 23.1 Å². The van der Waals surface area contributed by atoms with Crippen molar-refractivity contribution in [2.24, 2.45) is 5.73 Å². The molecule has 2 N–H and O–H groups in total. The second-order valence-electron chi connectivity index (χ2n) is 3.24. The van der Waals surface area contributed by atoms with Crippen molar-refractivity contribution < 1.29 is 0 Å². The second kappa shape index (κ2) is 4.34. The molecular formula is C11H13NS2. The highest BCUT2D eigenvalue weighted by molar-refractivity contribution is 7.99. The summed E-state index contributed by atoms with van der Waals surface area (Å²) in [5.41, 5.74) is 7.30. The van der Waals surface area contributed by atoms with Gasteiger partial charge in [-0.2, -0.15) is 0 Å². The molecule has 0 aliphatic carbocycles. The van der Waals surface area contributed by atoms with E-state index in [4.69, 9.17) is 5.73 Å². The fraction of sp³-hybridized carbons (Fsp3) is 0.273. The van der Waals surface area contributed by atoms with Gasteiger partial charge in [-0.15, -0.1) is 23.1 Å². The summed E-state index contributed by atoms with van der Waals surface area (Å²) in [6.45, 7) is 0. The first-order chi connectivity index (χ1) is 6.81. The Kier molecular flexibility index (Phi) is 3.11. The molecule has 0 amide bonds. The highest BCUT2D eigenvalue weighted by Gasteiger charge is 2.06. The van der Waals surface area contributed by atoms with E-state index in [1.54, 1.807) is 23.1 Å². The first-order valence-electron chi connectivity index (χ1n) is 4.54. The average molecular weight is 223 g/mol. The smallest absolute Gasteiger partial charge is 0.0545 e. The van der Waals surface area contributed by atoms with Crippen LogP contribution in [-0.2, 0) is 6.42 Å². The van der Waals surface area contributed by atoms with Gasteiger partial charge in [-0.05, 0) is 35.1 Å². The summed E-state index contributed by atoms with van der Waals surface area (Å²) in [5, 5.41) is 3.80. The van der Waals surface area contributed by atoms with Crippen LogP contribution in [0.25, 0.3) is 10.1 Å². The third kappa shape index (κ3) is 1.95. The fourth-order valence-corrected chi connectivity index (χ4v) is 2.81. The minimum Gasteiger partial charge on any atom is -0.319 e. The number of hydrogen-bond donors (Lipinski definition) is 1. The maximum absolute atomic E-state index is 5.92. The molecule has 1 nitrogen and oxygen atoms in total. The van der Waals surface area contributed by atoms with E-state index in [0.29, 0.717) is 0 Å². The van der Waals surface area contributed by atoms with E-state index in [1.807, 2.05) is 0 Å². The number of benzene rings is 1. The van der Waals surface area contributed by atoms with Crippen LogP contribution < -0.4 is 5.73 Å². The van der Waals surface area contributed by atoms with Crippen LogP contribution in [0.3, 0.4) is 0 Å². The van der Waals surface area contributed by atoms with Crippen LogP contribution in [0.15, 0.2) is 29.6 Å². The van der Waals surface area contributed by atoms with Gasteiger partial charge in [0.2, 0.25) is 0 Å². The molecule has 74 valence electrons. The van der Waals surface area contributed by atoms with Crippen molar-refractivity contribution in [3.8, 4) is 0 Å². The summed E-state index contributed by atoms with van der Waals surface area (Å²) in [6, 6.07) is 8.50. The lowest BCUT2D eigenvalue weighted by Crippen LogP contribution is -2.17. The molecule has 0 saturated carbocycles. The fourth-order valence-electron chi connectivity index (χ4n) is 1.49. The Morgan fingerprint density at radius 1 is 1.43 bits per heavy atom. The Hall–Kier alpha value is -0.510. The molecule has 0 bridgehead atoms. The number of thiophene rings is 1. The lowest BCUT2D eigenvalue weighted by Gasteiger charge is -2.06. The van der Waals surface area contributed by atoms with Gasteiger partial charge < -0.3 is 5.73 Å². The Balaban J connectivity index is 2.33. The van der Waals surface area contributed by atoms with E-state index in [9.17, 15) is 0 Å². The number of hydrogen-bond acceptors (Lipinski definition) is 3. The van der Waals surface area contributed by atoms with E-state index in [0.717, 1.165) is 6.42 Å². The van der Waals surface area contributed by atoms with Crippen molar-refractivity contribution >= 4 is 33.2 Å². The Morgan fingerprint density at radius 2 is 2.21 bits per heavy atom. The minimum absolute atomic E-state index is 0.216. The van der Waals surface area contributed by atoms with Gasteiger partial charge in [0.15, 0.2) is 0 Å². The highest BCUT2D eigenvalue weighted by atomic mass is 32.2. The molecule has 2 rings (SSSR count). The largest absolute Gasteiger partial charge is 0.319 e. The molecule has 0 aliphatic heterocycles. The molecule has 0 spiro atoms. The molecule has 1 aromatic carbocycles. The molecule has 1 aromatic heterocycles. The maximum atomic E-state index is 5.92. The summed E-state index contributed by atoms with van der Waals surface area (Å²) in [7, 11) is 0. The minimum atomic E-state index is 0.216. The van der Waals surface area contributed by atoms with E-state index in [-0.39, 0.29) is 5.37 Å². The van der Waals surface area contributed by atoms with Crippen molar-refractivity contribution in [2.45, 2.75) is 11.8 Å². The van der Waals surface area contributed by atoms with Gasteiger partial charge >= 0.3 is 0 Å². The van der Waals surface area contributed by atoms with Crippen molar-refractivity contribution in [3.63, 3.8) is 0 Å². The Labute approximate surface area is 92.3 Å². The van der Waals surface area contributed by atoms with Crippen molar-refractivity contribution in [2.75, 3.05) is 6.26 Å². The number of rotatable bonds is 3. The van der Waals surface area contributed by atoms with Crippen molar-refractivity contribution in [3.05, 3.63) is 35.2 Å². The second-order valence-corrected chi connectivity index (χ2v) is 5.22. The highest BCUT2D eigenvalue weighted by Crippen LogP contribution is 2.27. The number of nitrogens with two attached hydrogens (primary N) is 1. The van der Waals surface area contributed by atoms with E-state index in [1.165, 1.54) is 15.6 Å². The first kappa shape index (κ1) is 10.0. The molecule has 14 heavy (non-hydrogen) atoms. The quantitative estimate of drug-likeness (QED) is 0.809. The Morgan fingerprint density at radius 3 is 3.00 bits per heavy atom. The zero-order valence-electron chi connectivity index (χ0n) is 8.07. The van der Waals surface area contributed by atoms with E-state index in [2.05, 4.69) is 35.9 Å². The van der Waals surface area contributed by atoms with Gasteiger partial charge in [-0.3, -0.25) is 0 Å². The predicted octanol–water partition coefficient (Wildman–Crippen LogP) is 3.09. The lowest BCUT2D eigenvalue weighted by atomic mass is 10.1. The molecule has 1 atom stereocenters. The van der Waals surface area contributed by atoms with Crippen LogP contribution in [0.4, 0.5) is 0 Å². The Bertz CT molecular complexity index is 422. The van der Waals surface area contributed by atoms with Gasteiger partial charge in [-0.25, -0.2) is 0 Å². The van der Waals surface area contributed by atoms with Crippen LogP contribution in [0.2, 0.25) is 0 Å². The van der Waals surface area contributed by atoms with Gasteiger partial charge in [0.1, 0.15) is 0 Å². The van der Waals surface area contributed by atoms with Crippen LogP contribution in [-0.4, -0.2) is 11.6 Å². The average Bonchev–Trinajstić information content (AvgIpc) is 2.62.